The predicted octanol–water partition coefficient (Wildman–Crippen LogP) is 2.28. The Labute approximate surface area is 105 Å². The van der Waals surface area contributed by atoms with Gasteiger partial charge >= 0.3 is 5.97 Å². The van der Waals surface area contributed by atoms with E-state index < -0.39 is 12.0 Å². The Balaban J connectivity index is 2.00. The minimum absolute atomic E-state index is 0.563. The van der Waals surface area contributed by atoms with Gasteiger partial charge in [0.1, 0.15) is 6.04 Å². The minimum atomic E-state index is -0.828. The molecule has 0 radical (unpaired) electrons. The van der Waals surface area contributed by atoms with Crippen LogP contribution >= 0.6 is 0 Å². The lowest BCUT2D eigenvalue weighted by Gasteiger charge is -2.04. The second kappa shape index (κ2) is 4.27. The van der Waals surface area contributed by atoms with Gasteiger partial charge in [-0.05, 0) is 28.0 Å². The third-order valence-corrected chi connectivity index (χ3v) is 3.27. The molecule has 1 aliphatic rings. The number of hydrogen-bond donors (Lipinski definition) is 2. The summed E-state index contributed by atoms with van der Waals surface area (Å²) >= 11 is 0. The predicted molar refractivity (Wildman–Crippen MR) is 71.4 cm³/mol. The average Bonchev–Trinajstić information content (AvgIpc) is 2.88. The van der Waals surface area contributed by atoms with Gasteiger partial charge in [0.15, 0.2) is 0 Å². The fourth-order valence-electron chi connectivity index (χ4n) is 2.28. The molecule has 0 fully saturated rings. The highest BCUT2D eigenvalue weighted by Crippen LogP contribution is 2.23. The fourth-order valence-corrected chi connectivity index (χ4v) is 2.28. The standard InChI is InChI=1S/C15H13NO2/c17-15(18)14-8-13(9-16-14)12-6-5-10-3-1-2-4-11(10)7-12/h1-8,14,16H,9H2,(H,17,18)/t14-/m0/s1. The van der Waals surface area contributed by atoms with Crippen molar-refractivity contribution >= 4 is 22.3 Å². The molecule has 90 valence electrons. The van der Waals surface area contributed by atoms with E-state index in [1.165, 1.54) is 10.8 Å². The quantitative estimate of drug-likeness (QED) is 0.845. The molecule has 2 N–H and O–H groups in total. The zero-order valence-corrected chi connectivity index (χ0v) is 9.76. The van der Waals surface area contributed by atoms with Crippen LogP contribution in [-0.4, -0.2) is 23.7 Å². The van der Waals surface area contributed by atoms with E-state index in [1.54, 1.807) is 6.08 Å². The van der Waals surface area contributed by atoms with Crippen molar-refractivity contribution < 1.29 is 9.90 Å². The molecule has 0 aliphatic carbocycles. The number of nitrogens with one attached hydrogen (secondary N) is 1. The molecule has 0 bridgehead atoms. The number of carboxylic acids is 1. The van der Waals surface area contributed by atoms with Gasteiger partial charge in [-0.1, -0.05) is 42.5 Å². The van der Waals surface area contributed by atoms with E-state index in [2.05, 4.69) is 29.6 Å². The van der Waals surface area contributed by atoms with Crippen molar-refractivity contribution in [2.75, 3.05) is 6.54 Å². The molecule has 2 aromatic carbocycles. The second-order valence-electron chi connectivity index (χ2n) is 4.45. The Hall–Kier alpha value is -2.13. The zero-order valence-electron chi connectivity index (χ0n) is 9.76. The highest BCUT2D eigenvalue weighted by molar-refractivity contribution is 5.89. The minimum Gasteiger partial charge on any atom is -0.480 e. The first-order valence-electron chi connectivity index (χ1n) is 5.90. The lowest BCUT2D eigenvalue weighted by Crippen LogP contribution is -2.30. The van der Waals surface area contributed by atoms with E-state index in [4.69, 9.17) is 5.11 Å². The maximum Gasteiger partial charge on any atom is 0.324 e. The largest absolute Gasteiger partial charge is 0.480 e. The van der Waals surface area contributed by atoms with Gasteiger partial charge in [-0.3, -0.25) is 10.1 Å². The molecule has 0 saturated carbocycles. The molecule has 0 unspecified atom stereocenters. The molecule has 2 aromatic rings. The molecule has 1 atom stereocenters. The Morgan fingerprint density at radius 3 is 2.67 bits per heavy atom. The van der Waals surface area contributed by atoms with E-state index >= 15 is 0 Å². The number of aliphatic carboxylic acids is 1. The normalized spacial score (nSPS) is 18.9. The zero-order chi connectivity index (χ0) is 12.5. The number of hydrogen-bond acceptors (Lipinski definition) is 2. The Bertz CT molecular complexity index is 646. The smallest absolute Gasteiger partial charge is 0.324 e. The third-order valence-electron chi connectivity index (χ3n) is 3.27. The van der Waals surface area contributed by atoms with Crippen LogP contribution in [0.2, 0.25) is 0 Å². The molecule has 0 amide bonds. The summed E-state index contributed by atoms with van der Waals surface area (Å²) in [5.74, 6) is -0.828. The van der Waals surface area contributed by atoms with Crippen LogP contribution in [0.3, 0.4) is 0 Å². The van der Waals surface area contributed by atoms with Crippen LogP contribution in [0.1, 0.15) is 5.56 Å². The molecule has 18 heavy (non-hydrogen) atoms. The fraction of sp³-hybridized carbons (Fsp3) is 0.133. The number of benzene rings is 2. The summed E-state index contributed by atoms with van der Waals surface area (Å²) in [7, 11) is 0. The van der Waals surface area contributed by atoms with Gasteiger partial charge in [0.05, 0.1) is 0 Å². The maximum absolute atomic E-state index is 10.9. The summed E-state index contributed by atoms with van der Waals surface area (Å²) in [4.78, 5) is 10.9. The van der Waals surface area contributed by atoms with E-state index in [-0.39, 0.29) is 0 Å². The van der Waals surface area contributed by atoms with E-state index in [0.717, 1.165) is 11.1 Å². The van der Waals surface area contributed by atoms with Crippen LogP contribution in [0.4, 0.5) is 0 Å². The molecule has 0 saturated heterocycles. The third kappa shape index (κ3) is 1.89. The van der Waals surface area contributed by atoms with Crippen LogP contribution in [0.5, 0.6) is 0 Å². The number of carbonyl (C=O) groups is 1. The second-order valence-corrected chi connectivity index (χ2v) is 4.45. The van der Waals surface area contributed by atoms with Crippen molar-refractivity contribution in [3.8, 4) is 0 Å². The van der Waals surface area contributed by atoms with Gasteiger partial charge in [-0.15, -0.1) is 0 Å². The molecule has 3 heteroatoms. The van der Waals surface area contributed by atoms with Gasteiger partial charge in [-0.2, -0.15) is 0 Å². The average molecular weight is 239 g/mol. The lowest BCUT2D eigenvalue weighted by molar-refractivity contribution is -0.137. The molecule has 3 rings (SSSR count). The summed E-state index contributed by atoms with van der Waals surface area (Å²) in [5, 5.41) is 14.3. The van der Waals surface area contributed by atoms with E-state index in [1.807, 2.05) is 18.2 Å². The molecule has 0 aromatic heterocycles. The van der Waals surface area contributed by atoms with Crippen LogP contribution in [0, 0.1) is 0 Å². The summed E-state index contributed by atoms with van der Waals surface area (Å²) < 4.78 is 0. The number of rotatable bonds is 2. The molecule has 3 nitrogen and oxygen atoms in total. The van der Waals surface area contributed by atoms with Crippen molar-refractivity contribution in [2.24, 2.45) is 0 Å². The van der Waals surface area contributed by atoms with Gasteiger partial charge in [0.2, 0.25) is 0 Å². The van der Waals surface area contributed by atoms with Crippen molar-refractivity contribution in [1.29, 1.82) is 0 Å². The topological polar surface area (TPSA) is 49.3 Å². The highest BCUT2D eigenvalue weighted by atomic mass is 16.4. The van der Waals surface area contributed by atoms with Crippen LogP contribution in [0.15, 0.2) is 48.5 Å². The summed E-state index contributed by atoms with van der Waals surface area (Å²) in [6.07, 6.45) is 1.78. The Kier molecular flexibility index (Phi) is 2.61. The van der Waals surface area contributed by atoms with Gasteiger partial charge < -0.3 is 5.11 Å². The highest BCUT2D eigenvalue weighted by Gasteiger charge is 2.21. The summed E-state index contributed by atoms with van der Waals surface area (Å²) in [6.45, 7) is 0.606. The number of carboxylic acid groups (broad SMARTS) is 1. The maximum atomic E-state index is 10.9. The van der Waals surface area contributed by atoms with Gasteiger partial charge in [0, 0.05) is 6.54 Å². The van der Waals surface area contributed by atoms with Crippen molar-refractivity contribution in [1.82, 2.24) is 5.32 Å². The molecule has 1 aliphatic heterocycles. The SMILES string of the molecule is O=C(O)[C@@H]1C=C(c2ccc3ccccc3c2)CN1. The van der Waals surface area contributed by atoms with Crippen molar-refractivity contribution in [3.05, 3.63) is 54.1 Å². The first-order valence-corrected chi connectivity index (χ1v) is 5.90. The first kappa shape index (κ1) is 11.0. The molecule has 1 heterocycles. The van der Waals surface area contributed by atoms with E-state index in [9.17, 15) is 4.79 Å². The Morgan fingerprint density at radius 1 is 1.17 bits per heavy atom. The van der Waals surface area contributed by atoms with Crippen LogP contribution in [0.25, 0.3) is 16.3 Å². The van der Waals surface area contributed by atoms with Crippen molar-refractivity contribution in [2.45, 2.75) is 6.04 Å². The lowest BCUT2D eigenvalue weighted by atomic mass is 10.0. The number of fused-ring (bicyclic) bond motifs is 1. The van der Waals surface area contributed by atoms with Crippen LogP contribution < -0.4 is 5.32 Å². The molecule has 0 spiro atoms. The van der Waals surface area contributed by atoms with Gasteiger partial charge in [0.25, 0.3) is 0 Å². The first-order chi connectivity index (χ1) is 8.74. The van der Waals surface area contributed by atoms with Crippen molar-refractivity contribution in [3.63, 3.8) is 0 Å². The van der Waals surface area contributed by atoms with E-state index in [0.29, 0.717) is 6.54 Å². The monoisotopic (exact) mass is 239 g/mol. The molecular formula is C15H13NO2. The van der Waals surface area contributed by atoms with Gasteiger partial charge in [-0.25, -0.2) is 0 Å². The van der Waals surface area contributed by atoms with Crippen LogP contribution in [-0.2, 0) is 4.79 Å². The summed E-state index contributed by atoms with van der Waals surface area (Å²) in [6, 6.07) is 13.8. The Morgan fingerprint density at radius 2 is 1.94 bits per heavy atom. The molecular weight excluding hydrogens is 226 g/mol. The summed E-state index contributed by atoms with van der Waals surface area (Å²) in [5.41, 5.74) is 2.14.